The zero-order valence-electron chi connectivity index (χ0n) is 16.3. The highest BCUT2D eigenvalue weighted by Crippen LogP contribution is 2.24. The summed E-state index contributed by atoms with van der Waals surface area (Å²) >= 11 is 5.84. The van der Waals surface area contributed by atoms with Gasteiger partial charge >= 0.3 is 0 Å². The minimum absolute atomic E-state index is 0.0237. The number of anilines is 2. The number of nitrogens with one attached hydrogen (secondary N) is 1. The molecule has 0 aliphatic rings. The molecule has 1 N–H and O–H groups in total. The van der Waals surface area contributed by atoms with Crippen molar-refractivity contribution in [3.05, 3.63) is 88.9 Å². The standard InChI is InChI=1S/C22H19ClN2O4S/c1-15(26)16-6-12-20(13-7-16)25(2)30(28,29)21-5-3-4-17(14-21)22(27)24-19-10-8-18(23)9-11-19/h3-14H,1-2H3,(H,24,27). The Morgan fingerprint density at radius 1 is 0.900 bits per heavy atom. The van der Waals surface area contributed by atoms with Crippen LogP contribution in [0.3, 0.4) is 0 Å². The summed E-state index contributed by atoms with van der Waals surface area (Å²) in [6.45, 7) is 1.44. The second-order valence-electron chi connectivity index (χ2n) is 6.56. The quantitative estimate of drug-likeness (QED) is 0.564. The van der Waals surface area contributed by atoms with Crippen LogP contribution in [-0.4, -0.2) is 27.2 Å². The first kappa shape index (κ1) is 21.5. The minimum Gasteiger partial charge on any atom is -0.322 e. The van der Waals surface area contributed by atoms with E-state index in [-0.39, 0.29) is 16.2 Å². The van der Waals surface area contributed by atoms with E-state index in [4.69, 9.17) is 11.6 Å². The highest BCUT2D eigenvalue weighted by Gasteiger charge is 2.22. The highest BCUT2D eigenvalue weighted by molar-refractivity contribution is 7.92. The topological polar surface area (TPSA) is 83.6 Å². The Morgan fingerprint density at radius 2 is 1.53 bits per heavy atom. The summed E-state index contributed by atoms with van der Waals surface area (Å²) < 4.78 is 27.2. The van der Waals surface area contributed by atoms with Gasteiger partial charge in [-0.1, -0.05) is 17.7 Å². The molecule has 3 aromatic carbocycles. The van der Waals surface area contributed by atoms with Gasteiger partial charge in [-0.2, -0.15) is 0 Å². The lowest BCUT2D eigenvalue weighted by Crippen LogP contribution is -2.27. The normalized spacial score (nSPS) is 11.0. The fraction of sp³-hybridized carbons (Fsp3) is 0.0909. The molecular formula is C22H19ClN2O4S. The van der Waals surface area contributed by atoms with Gasteiger partial charge in [0, 0.05) is 28.9 Å². The molecule has 0 aliphatic carbocycles. The molecule has 154 valence electrons. The molecule has 30 heavy (non-hydrogen) atoms. The summed E-state index contributed by atoms with van der Waals surface area (Å²) in [7, 11) is -2.49. The van der Waals surface area contributed by atoms with Gasteiger partial charge in [-0.3, -0.25) is 13.9 Å². The third-order valence-corrected chi connectivity index (χ3v) is 6.53. The zero-order valence-corrected chi connectivity index (χ0v) is 17.9. The number of carbonyl (C=O) groups is 2. The lowest BCUT2D eigenvalue weighted by molar-refractivity contribution is 0.101. The van der Waals surface area contributed by atoms with Crippen LogP contribution in [0, 0.1) is 0 Å². The SMILES string of the molecule is CC(=O)c1ccc(N(C)S(=O)(=O)c2cccc(C(=O)Nc3ccc(Cl)cc3)c2)cc1. The Hall–Kier alpha value is -3.16. The van der Waals surface area contributed by atoms with Crippen molar-refractivity contribution < 1.29 is 18.0 Å². The molecule has 1 amide bonds. The van der Waals surface area contributed by atoms with Crippen molar-refractivity contribution in [1.82, 2.24) is 0 Å². The molecular weight excluding hydrogens is 424 g/mol. The smallest absolute Gasteiger partial charge is 0.264 e. The summed E-state index contributed by atoms with van der Waals surface area (Å²) in [5.41, 5.74) is 1.63. The van der Waals surface area contributed by atoms with Crippen molar-refractivity contribution in [2.24, 2.45) is 0 Å². The average Bonchev–Trinajstić information content (AvgIpc) is 2.75. The molecule has 0 saturated carbocycles. The Labute approximate surface area is 180 Å². The van der Waals surface area contributed by atoms with Crippen LogP contribution in [0.25, 0.3) is 0 Å². The minimum atomic E-state index is -3.91. The van der Waals surface area contributed by atoms with Crippen LogP contribution in [0.4, 0.5) is 11.4 Å². The number of amides is 1. The maximum Gasteiger partial charge on any atom is 0.264 e. The van der Waals surface area contributed by atoms with Crippen LogP contribution in [0.1, 0.15) is 27.6 Å². The van der Waals surface area contributed by atoms with E-state index in [9.17, 15) is 18.0 Å². The summed E-state index contributed by atoms with van der Waals surface area (Å²) in [4.78, 5) is 23.9. The van der Waals surface area contributed by atoms with Gasteiger partial charge in [0.1, 0.15) is 0 Å². The van der Waals surface area contributed by atoms with Crippen molar-refractivity contribution in [2.75, 3.05) is 16.7 Å². The van der Waals surface area contributed by atoms with E-state index in [1.165, 1.54) is 38.2 Å². The van der Waals surface area contributed by atoms with Gasteiger partial charge in [0.15, 0.2) is 5.78 Å². The van der Waals surface area contributed by atoms with Crippen molar-refractivity contribution >= 4 is 44.7 Å². The Kier molecular flexibility index (Phi) is 6.24. The fourth-order valence-corrected chi connectivity index (χ4v) is 4.11. The number of halogens is 1. The van der Waals surface area contributed by atoms with Crippen molar-refractivity contribution in [3.63, 3.8) is 0 Å². The van der Waals surface area contributed by atoms with Gasteiger partial charge in [-0.05, 0) is 73.7 Å². The van der Waals surface area contributed by atoms with E-state index in [1.807, 2.05) is 0 Å². The molecule has 0 radical (unpaired) electrons. The summed E-state index contributed by atoms with van der Waals surface area (Å²) in [6.07, 6.45) is 0. The highest BCUT2D eigenvalue weighted by atomic mass is 35.5. The molecule has 3 aromatic rings. The van der Waals surface area contributed by atoms with Crippen molar-refractivity contribution in [3.8, 4) is 0 Å². The molecule has 0 unspecified atom stereocenters. The Bertz CT molecular complexity index is 1190. The van der Waals surface area contributed by atoms with E-state index < -0.39 is 15.9 Å². The van der Waals surface area contributed by atoms with E-state index in [0.29, 0.717) is 22.0 Å². The third kappa shape index (κ3) is 4.69. The molecule has 0 aromatic heterocycles. The summed E-state index contributed by atoms with van der Waals surface area (Å²) in [5.74, 6) is -0.547. The number of sulfonamides is 1. The third-order valence-electron chi connectivity index (χ3n) is 4.49. The van der Waals surface area contributed by atoms with Crippen molar-refractivity contribution in [2.45, 2.75) is 11.8 Å². The zero-order chi connectivity index (χ0) is 21.9. The van der Waals surface area contributed by atoms with Crippen LogP contribution in [-0.2, 0) is 10.0 Å². The molecule has 3 rings (SSSR count). The molecule has 8 heteroatoms. The van der Waals surface area contributed by atoms with Crippen LogP contribution >= 0.6 is 11.6 Å². The number of carbonyl (C=O) groups excluding carboxylic acids is 2. The van der Waals surface area contributed by atoms with Gasteiger partial charge in [0.25, 0.3) is 15.9 Å². The van der Waals surface area contributed by atoms with E-state index in [1.54, 1.807) is 48.5 Å². The molecule has 0 atom stereocenters. The van der Waals surface area contributed by atoms with Gasteiger partial charge in [-0.15, -0.1) is 0 Å². The predicted molar refractivity (Wildman–Crippen MR) is 118 cm³/mol. The average molecular weight is 443 g/mol. The van der Waals surface area contributed by atoms with Gasteiger partial charge in [0.05, 0.1) is 10.6 Å². The van der Waals surface area contributed by atoms with Crippen molar-refractivity contribution in [1.29, 1.82) is 0 Å². The fourth-order valence-electron chi connectivity index (χ4n) is 2.74. The molecule has 0 aliphatic heterocycles. The predicted octanol–water partition coefficient (Wildman–Crippen LogP) is 4.62. The van der Waals surface area contributed by atoms with E-state index >= 15 is 0 Å². The number of hydrogen-bond donors (Lipinski definition) is 1. The van der Waals surface area contributed by atoms with Crippen LogP contribution in [0.5, 0.6) is 0 Å². The van der Waals surface area contributed by atoms with E-state index in [2.05, 4.69) is 5.32 Å². The number of rotatable bonds is 6. The second-order valence-corrected chi connectivity index (χ2v) is 8.97. The Balaban J connectivity index is 1.85. The van der Waals surface area contributed by atoms with Gasteiger partial charge in [0.2, 0.25) is 0 Å². The largest absolute Gasteiger partial charge is 0.322 e. The molecule has 0 fully saturated rings. The molecule has 0 bridgehead atoms. The number of Topliss-reactive ketones (excluding diaryl/α,β-unsaturated/α-hetero) is 1. The molecule has 0 spiro atoms. The number of ketones is 1. The number of nitrogens with zero attached hydrogens (tertiary/aromatic N) is 1. The van der Waals surface area contributed by atoms with E-state index in [0.717, 1.165) is 4.31 Å². The molecule has 0 heterocycles. The number of hydrogen-bond acceptors (Lipinski definition) is 4. The lowest BCUT2D eigenvalue weighted by Gasteiger charge is -2.20. The maximum absolute atomic E-state index is 13.0. The Morgan fingerprint density at radius 3 is 2.13 bits per heavy atom. The molecule has 6 nitrogen and oxygen atoms in total. The maximum atomic E-state index is 13.0. The monoisotopic (exact) mass is 442 g/mol. The van der Waals surface area contributed by atoms with Crippen LogP contribution < -0.4 is 9.62 Å². The van der Waals surface area contributed by atoms with Gasteiger partial charge < -0.3 is 5.32 Å². The molecule has 0 saturated heterocycles. The number of benzene rings is 3. The first-order valence-corrected chi connectivity index (χ1v) is 10.8. The lowest BCUT2D eigenvalue weighted by atomic mass is 10.1. The van der Waals surface area contributed by atoms with Crippen LogP contribution in [0.15, 0.2) is 77.7 Å². The first-order valence-electron chi connectivity index (χ1n) is 8.95. The van der Waals surface area contributed by atoms with Gasteiger partial charge in [-0.25, -0.2) is 8.42 Å². The summed E-state index contributed by atoms with van der Waals surface area (Å²) in [5, 5.41) is 3.25. The summed E-state index contributed by atoms with van der Waals surface area (Å²) in [6, 6.07) is 18.6. The van der Waals surface area contributed by atoms with Crippen LogP contribution in [0.2, 0.25) is 5.02 Å². The first-order chi connectivity index (χ1) is 14.2. The second kappa shape index (κ2) is 8.69.